The molecule has 15 heavy (non-hydrogen) atoms. The summed E-state index contributed by atoms with van der Waals surface area (Å²) in [6, 6.07) is 0. The summed E-state index contributed by atoms with van der Waals surface area (Å²) in [6.45, 7) is 0.134. The molecular weight excluding hydrogens is 220 g/mol. The summed E-state index contributed by atoms with van der Waals surface area (Å²) in [5.74, 6) is -0.435. The van der Waals surface area contributed by atoms with Gasteiger partial charge in [-0.2, -0.15) is 12.6 Å². The molecule has 0 aromatic carbocycles. The molecule has 1 unspecified atom stereocenters. The van der Waals surface area contributed by atoms with Crippen molar-refractivity contribution in [3.63, 3.8) is 0 Å². The lowest BCUT2D eigenvalue weighted by atomic mass is 9.92. The minimum Gasteiger partial charge on any atom is -0.465 e. The summed E-state index contributed by atoms with van der Waals surface area (Å²) in [5.41, 5.74) is -1.16. The number of hydrogen-bond donors (Lipinski definition) is 4. The Morgan fingerprint density at radius 1 is 1.33 bits per heavy atom. The van der Waals surface area contributed by atoms with Crippen LogP contribution in [0.5, 0.6) is 0 Å². The average Bonchev–Trinajstić information content (AvgIpc) is 2.30. The molecule has 0 bridgehead atoms. The molecule has 0 heterocycles. The van der Waals surface area contributed by atoms with Crippen molar-refractivity contribution in [3.8, 4) is 0 Å². The first-order valence-electron chi connectivity index (χ1n) is 4.65. The van der Waals surface area contributed by atoms with Crippen LogP contribution < -0.4 is 0 Å². The predicted octanol–water partition coefficient (Wildman–Crippen LogP) is -0.941. The lowest BCUT2D eigenvalue weighted by Gasteiger charge is -2.26. The van der Waals surface area contributed by atoms with Gasteiger partial charge in [0.05, 0.1) is 31.2 Å². The minimum atomic E-state index is -1.16. The number of carbonyl (C=O) groups is 1. The summed E-state index contributed by atoms with van der Waals surface area (Å²) in [6.07, 6.45) is 0. The highest BCUT2D eigenvalue weighted by molar-refractivity contribution is 7.80. The molecule has 0 amide bonds. The molecule has 0 aliphatic rings. The molecular formula is C9H18O5S. The average molecular weight is 238 g/mol. The Bertz CT molecular complexity index is 185. The Balaban J connectivity index is 4.16. The molecule has 0 aromatic heterocycles. The molecule has 90 valence electrons. The molecule has 6 heteroatoms. The van der Waals surface area contributed by atoms with Gasteiger partial charge in [0.25, 0.3) is 0 Å². The van der Waals surface area contributed by atoms with Crippen molar-refractivity contribution in [2.75, 3.05) is 32.2 Å². The molecule has 0 radical (unpaired) electrons. The second kappa shape index (κ2) is 7.05. The minimum absolute atomic E-state index is 0.201. The number of thiol groups is 1. The van der Waals surface area contributed by atoms with Gasteiger partial charge in [0.2, 0.25) is 0 Å². The van der Waals surface area contributed by atoms with Crippen LogP contribution in [0.25, 0.3) is 0 Å². The SMILES string of the molecule is CC(CS)C(=O)OCC(CO)(CO)CO. The molecule has 5 nitrogen and oxygen atoms in total. The summed E-state index contributed by atoms with van der Waals surface area (Å²) in [5, 5.41) is 26.9. The molecule has 0 saturated heterocycles. The van der Waals surface area contributed by atoms with Gasteiger partial charge in [-0.25, -0.2) is 0 Å². The van der Waals surface area contributed by atoms with Crippen LogP contribution in [0.2, 0.25) is 0 Å². The first-order valence-corrected chi connectivity index (χ1v) is 5.28. The van der Waals surface area contributed by atoms with Gasteiger partial charge in [0.1, 0.15) is 6.61 Å². The number of aliphatic hydroxyl groups excluding tert-OH is 3. The third kappa shape index (κ3) is 4.38. The van der Waals surface area contributed by atoms with Crippen molar-refractivity contribution in [3.05, 3.63) is 0 Å². The van der Waals surface area contributed by atoms with E-state index in [4.69, 9.17) is 20.1 Å². The van der Waals surface area contributed by atoms with Crippen molar-refractivity contribution in [2.24, 2.45) is 11.3 Å². The number of rotatable bonds is 7. The summed E-state index contributed by atoms with van der Waals surface area (Å²) < 4.78 is 4.87. The Hall–Kier alpha value is -0.300. The van der Waals surface area contributed by atoms with E-state index in [0.29, 0.717) is 5.75 Å². The fourth-order valence-electron chi connectivity index (χ4n) is 0.728. The van der Waals surface area contributed by atoms with Gasteiger partial charge < -0.3 is 20.1 Å². The number of ether oxygens (including phenoxy) is 1. The van der Waals surface area contributed by atoms with Gasteiger partial charge in [0.15, 0.2) is 0 Å². The van der Waals surface area contributed by atoms with Crippen LogP contribution in [0.1, 0.15) is 6.92 Å². The van der Waals surface area contributed by atoms with Crippen molar-refractivity contribution < 1.29 is 24.9 Å². The second-order valence-electron chi connectivity index (χ2n) is 3.67. The zero-order valence-electron chi connectivity index (χ0n) is 8.72. The monoisotopic (exact) mass is 238 g/mol. The van der Waals surface area contributed by atoms with E-state index in [9.17, 15) is 4.79 Å². The quantitative estimate of drug-likeness (QED) is 0.340. The van der Waals surface area contributed by atoms with E-state index in [-0.39, 0.29) is 12.5 Å². The normalized spacial score (nSPS) is 13.7. The zero-order valence-corrected chi connectivity index (χ0v) is 9.61. The molecule has 0 aromatic rings. The standard InChI is InChI=1S/C9H18O5S/c1-7(2-15)8(13)14-6-9(3-10,4-11)5-12/h7,10-12,15H,2-6H2,1H3. The molecule has 0 aliphatic carbocycles. The highest BCUT2D eigenvalue weighted by Crippen LogP contribution is 2.16. The molecule has 0 fully saturated rings. The van der Waals surface area contributed by atoms with Crippen molar-refractivity contribution in [1.82, 2.24) is 0 Å². The third-order valence-corrected chi connectivity index (χ3v) is 2.75. The Morgan fingerprint density at radius 3 is 2.13 bits per heavy atom. The molecule has 1 atom stereocenters. The largest absolute Gasteiger partial charge is 0.465 e. The van der Waals surface area contributed by atoms with Gasteiger partial charge in [-0.05, 0) is 0 Å². The van der Waals surface area contributed by atoms with Gasteiger partial charge >= 0.3 is 5.97 Å². The highest BCUT2D eigenvalue weighted by atomic mass is 32.1. The van der Waals surface area contributed by atoms with Crippen LogP contribution in [-0.4, -0.2) is 53.5 Å². The number of aliphatic hydroxyl groups is 3. The van der Waals surface area contributed by atoms with Crippen LogP contribution in [0.4, 0.5) is 0 Å². The van der Waals surface area contributed by atoms with E-state index in [1.807, 2.05) is 0 Å². The molecule has 0 saturated carbocycles. The van der Waals surface area contributed by atoms with E-state index >= 15 is 0 Å². The topological polar surface area (TPSA) is 87.0 Å². The fraction of sp³-hybridized carbons (Fsp3) is 0.889. The molecule has 0 aliphatic heterocycles. The van der Waals surface area contributed by atoms with E-state index in [2.05, 4.69) is 12.6 Å². The van der Waals surface area contributed by atoms with Gasteiger partial charge in [-0.15, -0.1) is 0 Å². The summed E-state index contributed by atoms with van der Waals surface area (Å²) in [7, 11) is 0. The number of esters is 1. The zero-order chi connectivity index (χ0) is 11.9. The van der Waals surface area contributed by atoms with Crippen molar-refractivity contribution in [2.45, 2.75) is 6.92 Å². The van der Waals surface area contributed by atoms with Gasteiger partial charge in [0, 0.05) is 5.75 Å². The summed E-state index contributed by atoms with van der Waals surface area (Å²) in [4.78, 5) is 11.3. The molecule has 0 spiro atoms. The van der Waals surface area contributed by atoms with Crippen LogP contribution in [0.3, 0.4) is 0 Å². The maximum atomic E-state index is 11.3. The van der Waals surface area contributed by atoms with E-state index in [1.165, 1.54) is 0 Å². The first kappa shape index (κ1) is 14.7. The van der Waals surface area contributed by atoms with E-state index < -0.39 is 31.2 Å². The number of hydrogen-bond acceptors (Lipinski definition) is 6. The smallest absolute Gasteiger partial charge is 0.309 e. The lowest BCUT2D eigenvalue weighted by molar-refractivity contribution is -0.154. The van der Waals surface area contributed by atoms with Crippen LogP contribution in [-0.2, 0) is 9.53 Å². The highest BCUT2D eigenvalue weighted by Gasteiger charge is 2.30. The van der Waals surface area contributed by atoms with E-state index in [0.717, 1.165) is 0 Å². The van der Waals surface area contributed by atoms with Crippen molar-refractivity contribution in [1.29, 1.82) is 0 Å². The van der Waals surface area contributed by atoms with Crippen LogP contribution in [0, 0.1) is 11.3 Å². The van der Waals surface area contributed by atoms with Crippen LogP contribution in [0.15, 0.2) is 0 Å². The fourth-order valence-corrected chi connectivity index (χ4v) is 0.877. The number of carbonyl (C=O) groups excluding carboxylic acids is 1. The Kier molecular flexibility index (Phi) is 6.91. The third-order valence-electron chi connectivity index (χ3n) is 2.20. The predicted molar refractivity (Wildman–Crippen MR) is 57.7 cm³/mol. The van der Waals surface area contributed by atoms with E-state index in [1.54, 1.807) is 6.92 Å². The van der Waals surface area contributed by atoms with Crippen LogP contribution >= 0.6 is 12.6 Å². The Morgan fingerprint density at radius 2 is 1.80 bits per heavy atom. The first-order chi connectivity index (χ1) is 7.05. The van der Waals surface area contributed by atoms with Crippen molar-refractivity contribution >= 4 is 18.6 Å². The maximum absolute atomic E-state index is 11.3. The maximum Gasteiger partial charge on any atom is 0.309 e. The lowest BCUT2D eigenvalue weighted by Crippen LogP contribution is -2.40. The Labute approximate surface area is 94.5 Å². The second-order valence-corrected chi connectivity index (χ2v) is 4.03. The van der Waals surface area contributed by atoms with Gasteiger partial charge in [-0.3, -0.25) is 4.79 Å². The summed E-state index contributed by atoms with van der Waals surface area (Å²) >= 11 is 3.94. The molecule has 0 rings (SSSR count). The molecule has 3 N–H and O–H groups in total. The van der Waals surface area contributed by atoms with Gasteiger partial charge in [-0.1, -0.05) is 6.92 Å².